The smallest absolute Gasteiger partial charge is 0.0991 e. The number of aromatic nitrogens is 2. The molecule has 0 saturated heterocycles. The van der Waals surface area contributed by atoms with Crippen molar-refractivity contribution in [3.8, 4) is 5.69 Å². The van der Waals surface area contributed by atoms with Crippen molar-refractivity contribution in [2.24, 2.45) is 0 Å². The summed E-state index contributed by atoms with van der Waals surface area (Å²) in [5.41, 5.74) is 2.86. The minimum Gasteiger partial charge on any atom is -0.306 e. The lowest BCUT2D eigenvalue weighted by Gasteiger charge is -2.21. The number of benzene rings is 1. The molecule has 0 aliphatic carbocycles. The summed E-state index contributed by atoms with van der Waals surface area (Å²) in [5.74, 6) is 0.674. The minimum atomic E-state index is 0.674. The Kier molecular flexibility index (Phi) is 16.6. The number of hydrogen-bond acceptors (Lipinski definition) is 1. The zero-order valence-corrected chi connectivity index (χ0v) is 22.7. The number of unbranched alkanes of at least 4 members (excludes halogenated alkanes) is 16. The molecule has 0 spiro atoms. The van der Waals surface area contributed by atoms with Crippen LogP contribution >= 0.6 is 0 Å². The van der Waals surface area contributed by atoms with Gasteiger partial charge in [0.1, 0.15) is 0 Å². The van der Waals surface area contributed by atoms with E-state index in [2.05, 4.69) is 53.9 Å². The highest BCUT2D eigenvalue weighted by molar-refractivity contribution is 5.43. The van der Waals surface area contributed by atoms with E-state index in [1.54, 1.807) is 0 Å². The van der Waals surface area contributed by atoms with Crippen LogP contribution in [0.1, 0.15) is 154 Å². The monoisotopic (exact) mass is 466 g/mol. The first kappa shape index (κ1) is 28.7. The number of nitrogens with zero attached hydrogens (tertiary/aromatic N) is 2. The molecule has 192 valence electrons. The maximum atomic E-state index is 4.31. The molecule has 1 heterocycles. The largest absolute Gasteiger partial charge is 0.306 e. The number of imidazole rings is 1. The van der Waals surface area contributed by atoms with Crippen molar-refractivity contribution in [2.75, 3.05) is 0 Å². The van der Waals surface area contributed by atoms with Gasteiger partial charge in [-0.05, 0) is 30.4 Å². The quantitative estimate of drug-likeness (QED) is 0.158. The Morgan fingerprint density at radius 2 is 1.09 bits per heavy atom. The summed E-state index contributed by atoms with van der Waals surface area (Å²) < 4.78 is 2.20. The van der Waals surface area contributed by atoms with E-state index in [9.17, 15) is 0 Å². The Labute approximate surface area is 212 Å². The van der Waals surface area contributed by atoms with Crippen molar-refractivity contribution < 1.29 is 0 Å². The summed E-state index contributed by atoms with van der Waals surface area (Å²) in [6.07, 6.45) is 34.0. The van der Waals surface area contributed by atoms with Gasteiger partial charge in [0.05, 0.1) is 6.33 Å². The molecule has 0 radical (unpaired) electrons. The van der Waals surface area contributed by atoms with Crippen molar-refractivity contribution in [2.45, 2.75) is 148 Å². The van der Waals surface area contributed by atoms with Crippen LogP contribution < -0.4 is 0 Å². The molecule has 1 unspecified atom stereocenters. The molecule has 2 rings (SSSR count). The predicted molar refractivity (Wildman–Crippen MR) is 150 cm³/mol. The molecule has 0 bridgehead atoms. The van der Waals surface area contributed by atoms with Gasteiger partial charge in [-0.1, -0.05) is 148 Å². The molecule has 0 saturated carbocycles. The lowest BCUT2D eigenvalue weighted by molar-refractivity contribution is 0.481. The van der Waals surface area contributed by atoms with Crippen LogP contribution in [0, 0.1) is 0 Å². The Morgan fingerprint density at radius 3 is 1.56 bits per heavy atom. The first-order valence-electron chi connectivity index (χ1n) is 14.9. The maximum absolute atomic E-state index is 4.31. The van der Waals surface area contributed by atoms with E-state index < -0.39 is 0 Å². The molecule has 2 aromatic rings. The molecule has 34 heavy (non-hydrogen) atoms. The van der Waals surface area contributed by atoms with E-state index in [1.165, 1.54) is 140 Å². The Bertz CT molecular complexity index is 691. The van der Waals surface area contributed by atoms with E-state index >= 15 is 0 Å². The normalized spacial score (nSPS) is 12.3. The number of hydrogen-bond donors (Lipinski definition) is 0. The lowest BCUT2D eigenvalue weighted by atomic mass is 9.87. The van der Waals surface area contributed by atoms with Gasteiger partial charge in [0, 0.05) is 18.1 Å². The van der Waals surface area contributed by atoms with Crippen molar-refractivity contribution >= 4 is 0 Å². The highest BCUT2D eigenvalue weighted by Crippen LogP contribution is 2.32. The molecule has 2 heteroatoms. The van der Waals surface area contributed by atoms with Crippen LogP contribution in [0.5, 0.6) is 0 Å². The van der Waals surface area contributed by atoms with Gasteiger partial charge in [0.2, 0.25) is 0 Å². The molecular weight excluding hydrogens is 412 g/mol. The fourth-order valence-electron chi connectivity index (χ4n) is 5.33. The van der Waals surface area contributed by atoms with Crippen molar-refractivity contribution in [1.29, 1.82) is 0 Å². The summed E-state index contributed by atoms with van der Waals surface area (Å²) in [7, 11) is 0. The zero-order valence-electron chi connectivity index (χ0n) is 22.7. The first-order chi connectivity index (χ1) is 16.9. The second-order valence-electron chi connectivity index (χ2n) is 10.5. The van der Waals surface area contributed by atoms with Gasteiger partial charge in [0.25, 0.3) is 0 Å². The third-order valence-corrected chi connectivity index (χ3v) is 7.47. The van der Waals surface area contributed by atoms with Gasteiger partial charge in [-0.15, -0.1) is 0 Å². The average Bonchev–Trinajstić information content (AvgIpc) is 3.40. The highest BCUT2D eigenvalue weighted by Gasteiger charge is 2.16. The summed E-state index contributed by atoms with van der Waals surface area (Å²) >= 11 is 0. The summed E-state index contributed by atoms with van der Waals surface area (Å²) in [6.45, 7) is 4.60. The highest BCUT2D eigenvalue weighted by atomic mass is 15.0. The molecule has 0 amide bonds. The molecule has 0 aliphatic heterocycles. The van der Waals surface area contributed by atoms with E-state index in [-0.39, 0.29) is 0 Å². The van der Waals surface area contributed by atoms with Crippen LogP contribution in [0.25, 0.3) is 5.69 Å². The topological polar surface area (TPSA) is 17.8 Å². The third-order valence-electron chi connectivity index (χ3n) is 7.47. The van der Waals surface area contributed by atoms with Gasteiger partial charge < -0.3 is 4.57 Å². The van der Waals surface area contributed by atoms with Crippen LogP contribution in [-0.2, 0) is 0 Å². The molecule has 0 fully saturated rings. The van der Waals surface area contributed by atoms with Gasteiger partial charge in [0.15, 0.2) is 0 Å². The second kappa shape index (κ2) is 19.7. The lowest BCUT2D eigenvalue weighted by Crippen LogP contribution is -2.05. The maximum Gasteiger partial charge on any atom is 0.0991 e. The molecule has 1 atom stereocenters. The van der Waals surface area contributed by atoms with E-state index in [0.29, 0.717) is 5.92 Å². The van der Waals surface area contributed by atoms with Gasteiger partial charge >= 0.3 is 0 Å². The van der Waals surface area contributed by atoms with Crippen molar-refractivity contribution in [1.82, 2.24) is 9.55 Å². The number of para-hydroxylation sites is 1. The Hall–Kier alpha value is -1.57. The molecule has 2 nitrogen and oxygen atoms in total. The first-order valence-corrected chi connectivity index (χ1v) is 14.9. The molecule has 1 aromatic heterocycles. The van der Waals surface area contributed by atoms with Gasteiger partial charge in [-0.25, -0.2) is 4.98 Å². The summed E-state index contributed by atoms with van der Waals surface area (Å²) in [6, 6.07) is 9.05. The number of rotatable bonds is 22. The fourth-order valence-corrected chi connectivity index (χ4v) is 5.33. The zero-order chi connectivity index (χ0) is 24.1. The van der Waals surface area contributed by atoms with Crippen LogP contribution in [-0.4, -0.2) is 9.55 Å². The molecular formula is C32H54N2. The molecule has 1 aromatic carbocycles. The Balaban J connectivity index is 1.78. The summed E-state index contributed by atoms with van der Waals surface area (Å²) in [5, 5.41) is 0. The van der Waals surface area contributed by atoms with Crippen LogP contribution in [0.3, 0.4) is 0 Å². The predicted octanol–water partition coefficient (Wildman–Crippen LogP) is 10.8. The Morgan fingerprint density at radius 1 is 0.618 bits per heavy atom. The van der Waals surface area contributed by atoms with Gasteiger partial charge in [-0.3, -0.25) is 0 Å². The second-order valence-corrected chi connectivity index (χ2v) is 10.5. The molecule has 0 N–H and O–H groups in total. The third kappa shape index (κ3) is 12.2. The van der Waals surface area contributed by atoms with E-state index in [0.717, 1.165) is 0 Å². The van der Waals surface area contributed by atoms with Crippen molar-refractivity contribution in [3.63, 3.8) is 0 Å². The standard InChI is InChI=1S/C32H54N2/c1-3-5-7-9-11-13-14-16-18-20-24-30(23-19-17-15-12-10-8-6-4-2)31-25-21-22-26-32(31)34-28-27-33-29-34/h21-22,25-30H,3-20,23-24H2,1-2H3. The minimum absolute atomic E-state index is 0.674. The fraction of sp³-hybridized carbons (Fsp3) is 0.719. The SMILES string of the molecule is CCCCCCCCCCCCC(CCCCCCCCCC)c1ccccc1-n1ccnc1. The van der Waals surface area contributed by atoms with Crippen molar-refractivity contribution in [3.05, 3.63) is 48.5 Å². The van der Waals surface area contributed by atoms with E-state index in [1.807, 2.05) is 12.5 Å². The average molecular weight is 467 g/mol. The van der Waals surface area contributed by atoms with Crippen LogP contribution in [0.2, 0.25) is 0 Å². The van der Waals surface area contributed by atoms with Gasteiger partial charge in [-0.2, -0.15) is 0 Å². The molecule has 0 aliphatic rings. The van der Waals surface area contributed by atoms with Crippen LogP contribution in [0.4, 0.5) is 0 Å². The summed E-state index contributed by atoms with van der Waals surface area (Å²) in [4.78, 5) is 4.31. The van der Waals surface area contributed by atoms with E-state index in [4.69, 9.17) is 0 Å². The van der Waals surface area contributed by atoms with Crippen LogP contribution in [0.15, 0.2) is 43.0 Å².